The molecule has 1 saturated heterocycles. The van der Waals surface area contributed by atoms with Gasteiger partial charge in [0.1, 0.15) is 10.8 Å². The summed E-state index contributed by atoms with van der Waals surface area (Å²) in [7, 11) is 0. The maximum absolute atomic E-state index is 4.64. The van der Waals surface area contributed by atoms with Crippen molar-refractivity contribution in [2.75, 3.05) is 18.0 Å². The molecule has 5 heteroatoms. The predicted molar refractivity (Wildman–Crippen MR) is 92.7 cm³/mol. The highest BCUT2D eigenvalue weighted by molar-refractivity contribution is 7.99. The van der Waals surface area contributed by atoms with Crippen LogP contribution in [0.4, 0.5) is 5.82 Å². The molecule has 2 fully saturated rings. The molecule has 2 aromatic rings. The van der Waals surface area contributed by atoms with Crippen molar-refractivity contribution in [1.82, 2.24) is 15.0 Å². The second-order valence-corrected chi connectivity index (χ2v) is 7.79. The van der Waals surface area contributed by atoms with E-state index in [1.807, 2.05) is 24.5 Å². The van der Waals surface area contributed by atoms with Crippen LogP contribution < -0.4 is 4.90 Å². The maximum atomic E-state index is 4.64. The summed E-state index contributed by atoms with van der Waals surface area (Å²) in [6.45, 7) is 2.26. The molecule has 1 saturated carbocycles. The van der Waals surface area contributed by atoms with Crippen molar-refractivity contribution in [2.45, 2.75) is 48.4 Å². The van der Waals surface area contributed by atoms with Gasteiger partial charge in [-0.3, -0.25) is 4.98 Å². The highest BCUT2D eigenvalue weighted by atomic mass is 32.2. The van der Waals surface area contributed by atoms with Crippen LogP contribution in [0.2, 0.25) is 0 Å². The van der Waals surface area contributed by atoms with E-state index in [0.29, 0.717) is 5.41 Å². The Kier molecular flexibility index (Phi) is 4.21. The van der Waals surface area contributed by atoms with E-state index in [9.17, 15) is 0 Å². The van der Waals surface area contributed by atoms with E-state index in [4.69, 9.17) is 0 Å². The average molecular weight is 326 g/mol. The fourth-order valence-corrected chi connectivity index (χ4v) is 4.60. The van der Waals surface area contributed by atoms with Crippen LogP contribution in [-0.4, -0.2) is 28.0 Å². The minimum absolute atomic E-state index is 0.654. The van der Waals surface area contributed by atoms with E-state index in [1.54, 1.807) is 24.2 Å². The van der Waals surface area contributed by atoms with Gasteiger partial charge < -0.3 is 4.90 Å². The fraction of sp³-hybridized carbons (Fsp3) is 0.500. The first-order valence-corrected chi connectivity index (χ1v) is 9.30. The summed E-state index contributed by atoms with van der Waals surface area (Å²) >= 11 is 1.63. The molecule has 1 spiro atoms. The number of anilines is 1. The maximum Gasteiger partial charge on any atom is 0.147 e. The summed E-state index contributed by atoms with van der Waals surface area (Å²) in [5, 5.41) is 0.934. The molecule has 0 aromatic carbocycles. The van der Waals surface area contributed by atoms with Crippen LogP contribution >= 0.6 is 11.8 Å². The highest BCUT2D eigenvalue weighted by Gasteiger charge is 2.37. The van der Waals surface area contributed by atoms with Gasteiger partial charge in [-0.25, -0.2) is 9.97 Å². The Hall–Kier alpha value is -1.62. The molecule has 3 heterocycles. The smallest absolute Gasteiger partial charge is 0.147 e. The number of piperidine rings is 1. The second-order valence-electron chi connectivity index (χ2n) is 6.69. The van der Waals surface area contributed by atoms with Gasteiger partial charge in [0, 0.05) is 30.4 Å². The van der Waals surface area contributed by atoms with Crippen LogP contribution in [0, 0.1) is 5.41 Å². The Morgan fingerprint density at radius 1 is 0.913 bits per heavy atom. The molecule has 4 nitrogen and oxygen atoms in total. The van der Waals surface area contributed by atoms with Gasteiger partial charge in [0.15, 0.2) is 0 Å². The van der Waals surface area contributed by atoms with Gasteiger partial charge in [-0.2, -0.15) is 0 Å². The molecule has 2 aliphatic rings. The molecule has 0 bridgehead atoms. The molecule has 4 rings (SSSR count). The Labute approximate surface area is 141 Å². The van der Waals surface area contributed by atoms with Gasteiger partial charge in [-0.05, 0) is 43.2 Å². The van der Waals surface area contributed by atoms with Crippen LogP contribution in [0.5, 0.6) is 0 Å². The van der Waals surface area contributed by atoms with Crippen molar-refractivity contribution in [3.8, 4) is 0 Å². The van der Waals surface area contributed by atoms with Crippen LogP contribution in [0.15, 0.2) is 46.8 Å². The number of pyridine rings is 1. The van der Waals surface area contributed by atoms with Gasteiger partial charge in [0.25, 0.3) is 0 Å². The first-order chi connectivity index (χ1) is 11.3. The van der Waals surface area contributed by atoms with E-state index >= 15 is 0 Å². The lowest BCUT2D eigenvalue weighted by atomic mass is 9.77. The van der Waals surface area contributed by atoms with E-state index in [2.05, 4.69) is 19.9 Å². The first-order valence-electron chi connectivity index (χ1n) is 8.48. The molecule has 0 unspecified atom stereocenters. The summed E-state index contributed by atoms with van der Waals surface area (Å²) in [4.78, 5) is 16.8. The van der Waals surface area contributed by atoms with Gasteiger partial charge in [-0.15, -0.1) is 0 Å². The monoisotopic (exact) mass is 326 g/mol. The third-order valence-electron chi connectivity index (χ3n) is 5.30. The van der Waals surface area contributed by atoms with Crippen LogP contribution in [0.1, 0.15) is 38.5 Å². The molecular formula is C18H22N4S. The highest BCUT2D eigenvalue weighted by Crippen LogP contribution is 2.46. The summed E-state index contributed by atoms with van der Waals surface area (Å²) in [5.41, 5.74) is 0.654. The number of nitrogens with zero attached hydrogens (tertiary/aromatic N) is 4. The van der Waals surface area contributed by atoms with Gasteiger partial charge in [-0.1, -0.05) is 24.6 Å². The Balaban J connectivity index is 1.39. The minimum Gasteiger partial charge on any atom is -0.355 e. The largest absolute Gasteiger partial charge is 0.355 e. The number of hydrogen-bond acceptors (Lipinski definition) is 5. The molecule has 0 radical (unpaired) electrons. The van der Waals surface area contributed by atoms with Crippen LogP contribution in [0.3, 0.4) is 0 Å². The first kappa shape index (κ1) is 14.9. The van der Waals surface area contributed by atoms with Crippen LogP contribution in [-0.2, 0) is 0 Å². The topological polar surface area (TPSA) is 41.9 Å². The minimum atomic E-state index is 0.654. The van der Waals surface area contributed by atoms with Gasteiger partial charge >= 0.3 is 0 Å². The molecule has 2 aromatic heterocycles. The quantitative estimate of drug-likeness (QED) is 0.846. The van der Waals surface area contributed by atoms with Gasteiger partial charge in [0.2, 0.25) is 0 Å². The van der Waals surface area contributed by atoms with E-state index in [0.717, 1.165) is 28.8 Å². The summed E-state index contributed by atoms with van der Waals surface area (Å²) in [6, 6.07) is 3.98. The molecule has 0 atom stereocenters. The van der Waals surface area contributed by atoms with Crippen molar-refractivity contribution < 1.29 is 0 Å². The lowest BCUT2D eigenvalue weighted by Crippen LogP contribution is -2.39. The zero-order valence-electron chi connectivity index (χ0n) is 13.3. The zero-order chi connectivity index (χ0) is 15.5. The Bertz CT molecular complexity index is 628. The molecule has 1 aliphatic heterocycles. The van der Waals surface area contributed by atoms with Gasteiger partial charge in [0.05, 0.1) is 12.4 Å². The van der Waals surface area contributed by atoms with E-state index in [-0.39, 0.29) is 0 Å². The summed E-state index contributed by atoms with van der Waals surface area (Å²) in [5.74, 6) is 1.02. The van der Waals surface area contributed by atoms with Crippen LogP contribution in [0.25, 0.3) is 0 Å². The number of rotatable bonds is 3. The second kappa shape index (κ2) is 6.48. The third kappa shape index (κ3) is 3.34. The van der Waals surface area contributed by atoms with E-state index in [1.165, 1.54) is 38.5 Å². The SMILES string of the molecule is c1cc(Sc2cnc(N3CCC4(CCCC4)CC3)cn2)ccn1. The molecule has 0 amide bonds. The summed E-state index contributed by atoms with van der Waals surface area (Å²) < 4.78 is 0. The normalized spacial score (nSPS) is 20.1. The molecule has 0 N–H and O–H groups in total. The van der Waals surface area contributed by atoms with E-state index < -0.39 is 0 Å². The Morgan fingerprint density at radius 3 is 2.30 bits per heavy atom. The molecule has 23 heavy (non-hydrogen) atoms. The average Bonchev–Trinajstić information content (AvgIpc) is 3.06. The predicted octanol–water partition coefficient (Wildman–Crippen LogP) is 4.18. The van der Waals surface area contributed by atoms with Crippen molar-refractivity contribution in [3.05, 3.63) is 36.9 Å². The lowest BCUT2D eigenvalue weighted by molar-refractivity contribution is 0.226. The van der Waals surface area contributed by atoms with Crippen molar-refractivity contribution in [2.24, 2.45) is 5.41 Å². The zero-order valence-corrected chi connectivity index (χ0v) is 14.1. The summed E-state index contributed by atoms with van der Waals surface area (Å²) in [6.07, 6.45) is 15.8. The van der Waals surface area contributed by atoms with Crippen molar-refractivity contribution in [1.29, 1.82) is 0 Å². The van der Waals surface area contributed by atoms with Crippen molar-refractivity contribution in [3.63, 3.8) is 0 Å². The molecule has 1 aliphatic carbocycles. The number of aromatic nitrogens is 3. The van der Waals surface area contributed by atoms with Crippen molar-refractivity contribution >= 4 is 17.6 Å². The molecule has 120 valence electrons. The number of hydrogen-bond donors (Lipinski definition) is 0. The Morgan fingerprint density at radius 2 is 1.65 bits per heavy atom. The molecular weight excluding hydrogens is 304 g/mol. The third-order valence-corrected chi connectivity index (χ3v) is 6.23. The lowest BCUT2D eigenvalue weighted by Gasteiger charge is -2.39. The fourth-order valence-electron chi connectivity index (χ4n) is 3.89. The standard InChI is InChI=1S/C18H22N4S/c1-2-6-18(5-1)7-11-22(12-8-18)16-13-21-17(14-20-16)23-15-3-9-19-10-4-15/h3-4,9-10,13-14H,1-2,5-8,11-12H2.